The summed E-state index contributed by atoms with van der Waals surface area (Å²) in [4.78, 5) is -1.75. The summed E-state index contributed by atoms with van der Waals surface area (Å²) in [7, 11) is 0. The van der Waals surface area contributed by atoms with E-state index in [1.807, 2.05) is 0 Å². The van der Waals surface area contributed by atoms with Crippen molar-refractivity contribution in [1.82, 2.24) is 0 Å². The molecule has 2 saturated carbocycles. The van der Waals surface area contributed by atoms with Crippen molar-refractivity contribution in [2.75, 3.05) is 0 Å². The smallest absolute Gasteiger partial charge is 0.110 e. The number of allylic oxidation sites excluding steroid dienone is 2. The molecular formula is C11H10BrCl5. The normalized spacial score (nSPS) is 57.5. The van der Waals surface area contributed by atoms with Gasteiger partial charge in [-0.05, 0) is 24.7 Å². The molecule has 3 rings (SSSR count). The van der Waals surface area contributed by atoms with Crippen molar-refractivity contribution in [2.45, 2.75) is 39.2 Å². The number of alkyl halides is 4. The molecule has 0 aromatic rings. The summed E-state index contributed by atoms with van der Waals surface area (Å²) in [5.74, 6) is 0.393. The summed E-state index contributed by atoms with van der Waals surface area (Å²) < 4.78 is -0.996. The third-order valence-corrected chi connectivity index (χ3v) is 9.80. The van der Waals surface area contributed by atoms with Crippen LogP contribution in [-0.2, 0) is 0 Å². The Kier molecular flexibility index (Phi) is 3.10. The van der Waals surface area contributed by atoms with Crippen LogP contribution in [0, 0.1) is 11.8 Å². The Balaban J connectivity index is 2.25. The quantitative estimate of drug-likeness (QED) is 0.452. The second kappa shape index (κ2) is 3.86. The van der Waals surface area contributed by atoms with E-state index in [9.17, 15) is 0 Å². The highest BCUT2D eigenvalue weighted by Crippen LogP contribution is 2.78. The minimum absolute atomic E-state index is 0.197. The average molecular weight is 399 g/mol. The molecule has 0 aromatic heterocycles. The summed E-state index contributed by atoms with van der Waals surface area (Å²) in [6, 6.07) is 0. The fourth-order valence-corrected chi connectivity index (χ4v) is 7.53. The highest BCUT2D eigenvalue weighted by Gasteiger charge is 2.81. The third kappa shape index (κ3) is 1.26. The number of hydrogen-bond donors (Lipinski definition) is 0. The first kappa shape index (κ1) is 13.6. The standard InChI is InChI=1S/C11H10BrCl5/c12-11(17)9(15)5-3-1-2-4-6(5)10(11,16)8(14)7(9)13/h5-6H,1-4H2/t5?,6?,9-,10+,11?. The fourth-order valence-electron chi connectivity index (χ4n) is 3.73. The molecule has 0 heterocycles. The van der Waals surface area contributed by atoms with Crippen molar-refractivity contribution in [3.05, 3.63) is 10.1 Å². The molecule has 0 saturated heterocycles. The van der Waals surface area contributed by atoms with Crippen molar-refractivity contribution in [1.29, 1.82) is 0 Å². The molecular weight excluding hydrogens is 389 g/mol. The lowest BCUT2D eigenvalue weighted by Crippen LogP contribution is -2.44. The summed E-state index contributed by atoms with van der Waals surface area (Å²) in [6.07, 6.45) is 4.29. The van der Waals surface area contributed by atoms with Gasteiger partial charge in [0.25, 0.3) is 0 Å². The Bertz CT molecular complexity index is 384. The molecule has 2 bridgehead atoms. The largest absolute Gasteiger partial charge is 0.148 e. The van der Waals surface area contributed by atoms with Gasteiger partial charge in [0.1, 0.15) is 13.5 Å². The Labute approximate surface area is 134 Å². The predicted octanol–water partition coefficient (Wildman–Crippen LogP) is 5.79. The Hall–Kier alpha value is 1.67. The highest BCUT2D eigenvalue weighted by atomic mass is 79.9. The van der Waals surface area contributed by atoms with Crippen LogP contribution in [0.5, 0.6) is 0 Å². The molecule has 5 atom stereocenters. The molecule has 0 nitrogen and oxygen atoms in total. The van der Waals surface area contributed by atoms with Crippen LogP contribution in [-0.4, -0.2) is 13.5 Å². The molecule has 3 aliphatic carbocycles. The van der Waals surface area contributed by atoms with Crippen molar-refractivity contribution in [3.8, 4) is 0 Å². The monoisotopic (exact) mass is 396 g/mol. The van der Waals surface area contributed by atoms with Crippen molar-refractivity contribution in [3.63, 3.8) is 0 Å². The van der Waals surface area contributed by atoms with E-state index in [0.717, 1.165) is 25.7 Å². The molecule has 0 aromatic carbocycles. The SMILES string of the molecule is ClC1=C(Cl)[C@]2(Cl)C3CCCCC3[C@@]1(Cl)C2(Cl)Br. The van der Waals surface area contributed by atoms with Crippen LogP contribution in [0.2, 0.25) is 0 Å². The number of halogens is 6. The molecule has 96 valence electrons. The van der Waals surface area contributed by atoms with E-state index in [1.165, 1.54) is 0 Å². The Morgan fingerprint density at radius 2 is 1.24 bits per heavy atom. The predicted molar refractivity (Wildman–Crippen MR) is 78.9 cm³/mol. The van der Waals surface area contributed by atoms with Gasteiger partial charge >= 0.3 is 0 Å². The number of hydrogen-bond acceptors (Lipinski definition) is 0. The highest BCUT2D eigenvalue weighted by molar-refractivity contribution is 9.10. The zero-order valence-corrected chi connectivity index (χ0v) is 14.1. The van der Waals surface area contributed by atoms with Gasteiger partial charge in [0.2, 0.25) is 0 Å². The van der Waals surface area contributed by atoms with E-state index in [0.29, 0.717) is 10.1 Å². The topological polar surface area (TPSA) is 0 Å². The minimum atomic E-state index is -0.996. The van der Waals surface area contributed by atoms with Gasteiger partial charge in [-0.25, -0.2) is 0 Å². The molecule has 0 aliphatic heterocycles. The lowest BCUT2D eigenvalue weighted by Gasteiger charge is -2.39. The summed E-state index contributed by atoms with van der Waals surface area (Å²) in [5, 5.41) is 0.844. The molecule has 0 amide bonds. The lowest BCUT2D eigenvalue weighted by molar-refractivity contribution is 0.234. The van der Waals surface area contributed by atoms with Crippen LogP contribution >= 0.6 is 73.9 Å². The van der Waals surface area contributed by atoms with Crippen molar-refractivity contribution < 1.29 is 0 Å². The molecule has 0 spiro atoms. The molecule has 3 unspecified atom stereocenters. The molecule has 2 fully saturated rings. The van der Waals surface area contributed by atoms with Crippen molar-refractivity contribution >= 4 is 73.9 Å². The zero-order chi connectivity index (χ0) is 12.6. The van der Waals surface area contributed by atoms with Crippen LogP contribution in [0.1, 0.15) is 25.7 Å². The van der Waals surface area contributed by atoms with Gasteiger partial charge in [-0.2, -0.15) is 0 Å². The van der Waals surface area contributed by atoms with Gasteiger partial charge in [0, 0.05) is 0 Å². The Morgan fingerprint density at radius 3 is 1.59 bits per heavy atom. The van der Waals surface area contributed by atoms with Crippen LogP contribution in [0.4, 0.5) is 0 Å². The fraction of sp³-hybridized carbons (Fsp3) is 0.818. The van der Waals surface area contributed by atoms with E-state index in [1.54, 1.807) is 0 Å². The summed E-state index contributed by atoms with van der Waals surface area (Å²) >= 11 is 36.3. The van der Waals surface area contributed by atoms with Gasteiger partial charge in [-0.15, -0.1) is 34.8 Å². The zero-order valence-electron chi connectivity index (χ0n) is 8.75. The second-order valence-electron chi connectivity index (χ2n) is 5.12. The van der Waals surface area contributed by atoms with E-state index in [-0.39, 0.29) is 11.8 Å². The second-order valence-corrected chi connectivity index (χ2v) is 9.28. The first-order valence-corrected chi connectivity index (χ1v) is 8.29. The minimum Gasteiger partial charge on any atom is -0.110 e. The first-order valence-electron chi connectivity index (χ1n) is 5.61. The number of fused-ring (bicyclic) bond motifs is 5. The maximum absolute atomic E-state index is 6.76. The van der Waals surface area contributed by atoms with Crippen LogP contribution < -0.4 is 0 Å². The maximum atomic E-state index is 6.76. The molecule has 0 radical (unpaired) electrons. The lowest BCUT2D eigenvalue weighted by atomic mass is 9.73. The first-order chi connectivity index (χ1) is 7.79. The van der Waals surface area contributed by atoms with Crippen LogP contribution in [0.15, 0.2) is 10.1 Å². The molecule has 0 N–H and O–H groups in total. The van der Waals surface area contributed by atoms with Gasteiger partial charge < -0.3 is 0 Å². The summed E-state index contributed by atoms with van der Waals surface area (Å²) in [6.45, 7) is 0. The van der Waals surface area contributed by atoms with Gasteiger partial charge in [0.15, 0.2) is 0 Å². The maximum Gasteiger partial charge on any atom is 0.148 e. The van der Waals surface area contributed by atoms with Crippen LogP contribution in [0.3, 0.4) is 0 Å². The van der Waals surface area contributed by atoms with Gasteiger partial charge in [-0.1, -0.05) is 52.0 Å². The molecule has 3 aliphatic rings. The van der Waals surface area contributed by atoms with Crippen molar-refractivity contribution in [2.24, 2.45) is 11.8 Å². The average Bonchev–Trinajstić information content (AvgIpc) is 2.51. The molecule has 6 heteroatoms. The van der Waals surface area contributed by atoms with E-state index in [2.05, 4.69) is 15.9 Å². The Morgan fingerprint density at radius 1 is 0.882 bits per heavy atom. The van der Waals surface area contributed by atoms with E-state index in [4.69, 9.17) is 58.0 Å². The molecule has 17 heavy (non-hydrogen) atoms. The van der Waals surface area contributed by atoms with E-state index < -0.39 is 13.5 Å². The van der Waals surface area contributed by atoms with Gasteiger partial charge in [-0.3, -0.25) is 0 Å². The van der Waals surface area contributed by atoms with Gasteiger partial charge in [0.05, 0.1) is 10.1 Å². The third-order valence-electron chi connectivity index (χ3n) is 4.53. The summed E-state index contributed by atoms with van der Waals surface area (Å²) in [5.41, 5.74) is 0. The van der Waals surface area contributed by atoms with Crippen LogP contribution in [0.25, 0.3) is 0 Å². The number of rotatable bonds is 0. The van der Waals surface area contributed by atoms with E-state index >= 15 is 0 Å².